The van der Waals surface area contributed by atoms with E-state index in [4.69, 9.17) is 0 Å². The van der Waals surface area contributed by atoms with Crippen LogP contribution in [0.15, 0.2) is 65.8 Å². The highest BCUT2D eigenvalue weighted by atomic mass is 15.2. The number of H-pyrrole nitrogens is 1. The highest BCUT2D eigenvalue weighted by Gasteiger charge is 2.19. The van der Waals surface area contributed by atoms with E-state index in [1.54, 1.807) is 0 Å². The summed E-state index contributed by atoms with van der Waals surface area (Å²) < 4.78 is 0. The third-order valence-electron chi connectivity index (χ3n) is 5.05. The first-order valence-corrected chi connectivity index (χ1v) is 9.45. The van der Waals surface area contributed by atoms with Crippen molar-refractivity contribution in [2.24, 2.45) is 4.99 Å². The molecule has 1 unspecified atom stereocenters. The first-order valence-electron chi connectivity index (χ1n) is 9.45. The zero-order valence-electron chi connectivity index (χ0n) is 15.6. The van der Waals surface area contributed by atoms with Crippen LogP contribution < -0.4 is 10.6 Å². The summed E-state index contributed by atoms with van der Waals surface area (Å²) in [7, 11) is 1.81. The lowest BCUT2D eigenvalue weighted by molar-refractivity contribution is 0.520. The molecule has 0 amide bonds. The summed E-state index contributed by atoms with van der Waals surface area (Å²) in [5.74, 6) is 1.71. The van der Waals surface area contributed by atoms with Gasteiger partial charge in [-0.3, -0.25) is 4.99 Å². The van der Waals surface area contributed by atoms with Gasteiger partial charge in [0.2, 0.25) is 0 Å². The molecule has 3 aromatic rings. The molecular weight excluding hydrogens is 334 g/mol. The number of guanidine groups is 1. The Morgan fingerprint density at radius 2 is 1.89 bits per heavy atom. The summed E-state index contributed by atoms with van der Waals surface area (Å²) >= 11 is 0. The fourth-order valence-corrected chi connectivity index (χ4v) is 3.59. The lowest BCUT2D eigenvalue weighted by atomic mass is 9.88. The number of imidazole rings is 1. The highest BCUT2D eigenvalue weighted by Crippen LogP contribution is 2.21. The van der Waals surface area contributed by atoms with E-state index in [1.165, 1.54) is 11.1 Å². The summed E-state index contributed by atoms with van der Waals surface area (Å²) in [6, 6.07) is 19.3. The minimum absolute atomic E-state index is 0.405. The van der Waals surface area contributed by atoms with E-state index in [-0.39, 0.29) is 0 Å². The van der Waals surface area contributed by atoms with E-state index < -0.39 is 0 Å². The minimum Gasteiger partial charge on any atom is -0.353 e. The number of rotatable bonds is 4. The van der Waals surface area contributed by atoms with Gasteiger partial charge in [0.25, 0.3) is 0 Å². The summed E-state index contributed by atoms with van der Waals surface area (Å²) in [6.45, 7) is 0.607. The molecule has 5 nitrogen and oxygen atoms in total. The number of fused-ring (bicyclic) bond motifs is 1. The number of aryl methyl sites for hydroxylation is 1. The molecule has 0 fully saturated rings. The van der Waals surface area contributed by atoms with E-state index in [0.29, 0.717) is 12.6 Å². The van der Waals surface area contributed by atoms with Gasteiger partial charge in [-0.25, -0.2) is 4.98 Å². The van der Waals surface area contributed by atoms with E-state index in [9.17, 15) is 0 Å². The second kappa shape index (κ2) is 8.08. The van der Waals surface area contributed by atoms with Crippen molar-refractivity contribution in [3.63, 3.8) is 0 Å². The fourth-order valence-electron chi connectivity index (χ4n) is 3.59. The van der Waals surface area contributed by atoms with Crippen LogP contribution in [0.1, 0.15) is 23.4 Å². The largest absolute Gasteiger partial charge is 0.353 e. The van der Waals surface area contributed by atoms with Crippen LogP contribution in [0, 0.1) is 0 Å². The van der Waals surface area contributed by atoms with Crippen molar-refractivity contribution in [2.45, 2.75) is 31.8 Å². The van der Waals surface area contributed by atoms with Crippen molar-refractivity contribution in [3.05, 3.63) is 77.7 Å². The maximum absolute atomic E-state index is 4.47. The van der Waals surface area contributed by atoms with Gasteiger partial charge >= 0.3 is 0 Å². The topological polar surface area (TPSA) is 65.1 Å². The highest BCUT2D eigenvalue weighted by molar-refractivity contribution is 5.80. The van der Waals surface area contributed by atoms with Crippen LogP contribution in [0.5, 0.6) is 0 Å². The van der Waals surface area contributed by atoms with Crippen LogP contribution in [0.2, 0.25) is 0 Å². The van der Waals surface area contributed by atoms with Gasteiger partial charge in [0.05, 0.1) is 18.4 Å². The Bertz CT molecular complexity index is 913. The van der Waals surface area contributed by atoms with Gasteiger partial charge in [0.15, 0.2) is 5.96 Å². The van der Waals surface area contributed by atoms with E-state index in [1.807, 2.05) is 31.4 Å². The number of hydrogen-bond donors (Lipinski definition) is 3. The molecule has 0 spiro atoms. The fraction of sp³-hybridized carbons (Fsp3) is 0.273. The van der Waals surface area contributed by atoms with Crippen molar-refractivity contribution in [1.82, 2.24) is 20.6 Å². The Kier molecular flexibility index (Phi) is 5.19. The molecule has 3 N–H and O–H groups in total. The van der Waals surface area contributed by atoms with Crippen LogP contribution in [-0.2, 0) is 19.4 Å². The van der Waals surface area contributed by atoms with E-state index in [0.717, 1.165) is 42.3 Å². The van der Waals surface area contributed by atoms with Crippen molar-refractivity contribution in [1.29, 1.82) is 0 Å². The second-order valence-corrected chi connectivity index (χ2v) is 6.89. The quantitative estimate of drug-likeness (QED) is 0.495. The number of hydrogen-bond acceptors (Lipinski definition) is 2. The number of nitrogens with one attached hydrogen (secondary N) is 3. The van der Waals surface area contributed by atoms with Crippen LogP contribution in [0.3, 0.4) is 0 Å². The molecule has 138 valence electrons. The van der Waals surface area contributed by atoms with Gasteiger partial charge in [0, 0.05) is 13.1 Å². The molecule has 0 saturated carbocycles. The molecule has 0 bridgehead atoms. The van der Waals surface area contributed by atoms with Crippen LogP contribution in [0.4, 0.5) is 0 Å². The standard InChI is InChI=1S/C22H25N5/c1-23-22(26-19-12-11-16-7-5-6-10-18(16)13-19)25-15-21-24-14-20(27-21)17-8-3-2-4-9-17/h2-10,14,19H,11-13,15H2,1H3,(H,24,27)(H2,23,25,26). The predicted molar refractivity (Wildman–Crippen MR) is 110 cm³/mol. The lowest BCUT2D eigenvalue weighted by Crippen LogP contribution is -2.45. The summed E-state index contributed by atoms with van der Waals surface area (Å²) in [6.07, 6.45) is 5.15. The zero-order chi connectivity index (χ0) is 18.5. The van der Waals surface area contributed by atoms with Crippen LogP contribution >= 0.6 is 0 Å². The molecule has 1 atom stereocenters. The number of nitrogens with zero attached hydrogens (tertiary/aromatic N) is 2. The Balaban J connectivity index is 1.33. The minimum atomic E-state index is 0.405. The Hall–Kier alpha value is -3.08. The van der Waals surface area contributed by atoms with Gasteiger partial charge in [-0.1, -0.05) is 54.6 Å². The van der Waals surface area contributed by atoms with Crippen molar-refractivity contribution < 1.29 is 0 Å². The predicted octanol–water partition coefficient (Wildman–Crippen LogP) is 3.30. The average Bonchev–Trinajstić information content (AvgIpc) is 3.21. The molecule has 2 aromatic carbocycles. The number of aromatic nitrogens is 2. The Labute approximate surface area is 160 Å². The van der Waals surface area contributed by atoms with Gasteiger partial charge < -0.3 is 15.6 Å². The van der Waals surface area contributed by atoms with Crippen LogP contribution in [0.25, 0.3) is 11.3 Å². The Morgan fingerprint density at radius 1 is 1.11 bits per heavy atom. The Morgan fingerprint density at radius 3 is 2.70 bits per heavy atom. The van der Waals surface area contributed by atoms with Crippen molar-refractivity contribution in [3.8, 4) is 11.3 Å². The molecule has 1 aliphatic carbocycles. The first kappa shape index (κ1) is 17.3. The summed E-state index contributed by atoms with van der Waals surface area (Å²) in [5, 5.41) is 6.92. The molecule has 1 aromatic heterocycles. The summed E-state index contributed by atoms with van der Waals surface area (Å²) in [5.41, 5.74) is 5.08. The molecule has 0 radical (unpaired) electrons. The molecule has 1 aliphatic rings. The molecular formula is C22H25N5. The van der Waals surface area contributed by atoms with E-state index >= 15 is 0 Å². The smallest absolute Gasteiger partial charge is 0.191 e. The van der Waals surface area contributed by atoms with Crippen molar-refractivity contribution >= 4 is 5.96 Å². The molecule has 27 heavy (non-hydrogen) atoms. The molecule has 0 saturated heterocycles. The maximum Gasteiger partial charge on any atom is 0.191 e. The third kappa shape index (κ3) is 4.19. The monoisotopic (exact) mass is 359 g/mol. The molecule has 4 rings (SSSR count). The zero-order valence-corrected chi connectivity index (χ0v) is 15.6. The maximum atomic E-state index is 4.47. The SMILES string of the molecule is CN=C(NCc1ncc(-c2ccccc2)[nH]1)NC1CCc2ccccc2C1. The molecule has 1 heterocycles. The number of benzene rings is 2. The van der Waals surface area contributed by atoms with Gasteiger partial charge in [0.1, 0.15) is 5.82 Å². The van der Waals surface area contributed by atoms with Crippen LogP contribution in [-0.4, -0.2) is 29.0 Å². The van der Waals surface area contributed by atoms with Gasteiger partial charge in [-0.15, -0.1) is 0 Å². The number of aromatic amines is 1. The van der Waals surface area contributed by atoms with Gasteiger partial charge in [-0.05, 0) is 36.0 Å². The summed E-state index contributed by atoms with van der Waals surface area (Å²) in [4.78, 5) is 12.2. The molecule has 0 aliphatic heterocycles. The normalized spacial score (nSPS) is 16.6. The average molecular weight is 359 g/mol. The van der Waals surface area contributed by atoms with E-state index in [2.05, 4.69) is 62.0 Å². The van der Waals surface area contributed by atoms with Gasteiger partial charge in [-0.2, -0.15) is 0 Å². The second-order valence-electron chi connectivity index (χ2n) is 6.89. The number of aliphatic imine (C=N–C) groups is 1. The lowest BCUT2D eigenvalue weighted by Gasteiger charge is -2.27. The first-order chi connectivity index (χ1) is 13.3. The third-order valence-corrected chi connectivity index (χ3v) is 5.05. The molecule has 5 heteroatoms. The van der Waals surface area contributed by atoms with Crippen molar-refractivity contribution in [2.75, 3.05) is 7.05 Å².